The van der Waals surface area contributed by atoms with Crippen LogP contribution in [0.3, 0.4) is 0 Å². The third kappa shape index (κ3) is 7.46. The molecule has 15 heteroatoms. The summed E-state index contributed by atoms with van der Waals surface area (Å²) in [6, 6.07) is 11.3. The van der Waals surface area contributed by atoms with E-state index in [0.29, 0.717) is 52.7 Å². The number of hydrogen-bond donors (Lipinski definition) is 3. The van der Waals surface area contributed by atoms with Gasteiger partial charge in [-0.2, -0.15) is 15.0 Å². The van der Waals surface area contributed by atoms with Crippen LogP contribution in [0.2, 0.25) is 0 Å². The molecule has 4 amide bonds. The Morgan fingerprint density at radius 1 is 0.982 bits per heavy atom. The van der Waals surface area contributed by atoms with Gasteiger partial charge in [0.25, 0.3) is 11.8 Å². The Hall–Kier alpha value is -5.88. The van der Waals surface area contributed by atoms with Crippen LogP contribution >= 0.6 is 0 Å². The largest absolute Gasteiger partial charge is 0.382 e. The maximum Gasteiger partial charge on any atom is 0.255 e. The first-order chi connectivity index (χ1) is 26.6. The van der Waals surface area contributed by atoms with E-state index in [2.05, 4.69) is 53.0 Å². The van der Waals surface area contributed by atoms with Crippen LogP contribution < -0.4 is 20.9 Å². The van der Waals surface area contributed by atoms with E-state index in [9.17, 15) is 24.4 Å². The highest BCUT2D eigenvalue weighted by atomic mass is 16.2. The van der Waals surface area contributed by atoms with Crippen molar-refractivity contribution in [2.75, 3.05) is 42.9 Å². The monoisotopic (exact) mass is 743 g/mol. The average molecular weight is 744 g/mol. The molecule has 4 aromatic rings. The summed E-state index contributed by atoms with van der Waals surface area (Å²) in [5.41, 5.74) is 4.77. The van der Waals surface area contributed by atoms with Crippen molar-refractivity contribution in [1.82, 2.24) is 40.2 Å². The highest BCUT2D eigenvalue weighted by Crippen LogP contribution is 2.32. The predicted molar refractivity (Wildman–Crippen MR) is 204 cm³/mol. The molecule has 1 aromatic carbocycles. The van der Waals surface area contributed by atoms with Crippen LogP contribution in [0.5, 0.6) is 0 Å². The zero-order valence-corrected chi connectivity index (χ0v) is 31.1. The van der Waals surface area contributed by atoms with Gasteiger partial charge in [-0.25, -0.2) is 9.97 Å². The molecule has 55 heavy (non-hydrogen) atoms. The third-order valence-electron chi connectivity index (χ3n) is 11.3. The molecule has 3 aliphatic heterocycles. The number of piperazine rings is 1. The van der Waals surface area contributed by atoms with Crippen molar-refractivity contribution in [1.29, 1.82) is 5.26 Å². The Morgan fingerprint density at radius 2 is 1.78 bits per heavy atom. The molecule has 3 N–H and O–H groups in total. The van der Waals surface area contributed by atoms with Crippen molar-refractivity contribution in [2.45, 2.75) is 77.0 Å². The van der Waals surface area contributed by atoms with E-state index in [-0.39, 0.29) is 36.2 Å². The van der Waals surface area contributed by atoms with Gasteiger partial charge in [0.2, 0.25) is 11.8 Å². The summed E-state index contributed by atoms with van der Waals surface area (Å²) >= 11 is 0. The van der Waals surface area contributed by atoms with E-state index in [0.717, 1.165) is 75.0 Å². The summed E-state index contributed by atoms with van der Waals surface area (Å²) in [6.07, 6.45) is 9.28. The van der Waals surface area contributed by atoms with E-state index in [1.54, 1.807) is 28.0 Å². The van der Waals surface area contributed by atoms with E-state index in [4.69, 9.17) is 0 Å². The lowest BCUT2D eigenvalue weighted by molar-refractivity contribution is -0.136. The number of nitrogens with one attached hydrogen (secondary N) is 3. The number of pyridine rings is 2. The van der Waals surface area contributed by atoms with Gasteiger partial charge >= 0.3 is 0 Å². The molecule has 1 saturated carbocycles. The van der Waals surface area contributed by atoms with Crippen LogP contribution in [0.1, 0.15) is 84.2 Å². The number of carbonyl (C=O) groups excluding carboxylic acids is 4. The maximum absolute atomic E-state index is 13.6. The highest BCUT2D eigenvalue weighted by molar-refractivity contribution is 6.05. The summed E-state index contributed by atoms with van der Waals surface area (Å²) in [5.74, 6) is 0.114. The van der Waals surface area contributed by atoms with Crippen molar-refractivity contribution in [3.63, 3.8) is 0 Å². The molecule has 0 bridgehead atoms. The fourth-order valence-corrected chi connectivity index (χ4v) is 8.37. The molecule has 4 aliphatic rings. The lowest BCUT2D eigenvalue weighted by atomic mass is 9.85. The molecular weight excluding hydrogens is 699 g/mol. The number of nitrogens with zero attached hydrogens (tertiary/aromatic N) is 8. The number of benzene rings is 1. The Bertz CT molecular complexity index is 2190. The quantitative estimate of drug-likeness (QED) is 0.214. The average Bonchev–Trinajstić information content (AvgIpc) is 3.75. The first kappa shape index (κ1) is 36.1. The first-order valence-electron chi connectivity index (χ1n) is 19.2. The number of nitriles is 1. The number of carbonyl (C=O) groups is 4. The number of amides is 4. The molecule has 0 spiro atoms. The lowest BCUT2D eigenvalue weighted by Crippen LogP contribution is -2.52. The number of rotatable bonds is 9. The van der Waals surface area contributed by atoms with E-state index in [1.165, 1.54) is 6.20 Å². The Labute approximate surface area is 319 Å². The highest BCUT2D eigenvalue weighted by Gasteiger charge is 2.39. The summed E-state index contributed by atoms with van der Waals surface area (Å²) in [6.45, 7) is 9.05. The summed E-state index contributed by atoms with van der Waals surface area (Å²) in [5, 5.41) is 23.5. The molecule has 2 saturated heterocycles. The fraction of sp³-hybridized carbons (Fsp3) is 0.450. The second-order valence-electron chi connectivity index (χ2n) is 15.4. The Morgan fingerprint density at radius 3 is 2.53 bits per heavy atom. The van der Waals surface area contributed by atoms with Crippen molar-refractivity contribution in [3.8, 4) is 11.9 Å². The zero-order valence-electron chi connectivity index (χ0n) is 31.1. The van der Waals surface area contributed by atoms with Gasteiger partial charge in [0.1, 0.15) is 12.1 Å². The number of fused-ring (bicyclic) bond motifs is 2. The minimum atomic E-state index is -0.610. The molecule has 284 valence electrons. The SMILES string of the molecule is CC(C)Nc1cc(-n2ncc3cc(C#N)cnc32)ncc1C(=O)NC1CCC(CN2CCN(c3ccc4c(c3)C(=O)N(C3CCC(=O)NC3=O)C4)CC2)CC1. The second-order valence-corrected chi connectivity index (χ2v) is 15.4. The molecular formula is C40H45N11O4. The molecule has 1 atom stereocenters. The van der Waals surface area contributed by atoms with Crippen LogP contribution in [0.25, 0.3) is 16.9 Å². The molecule has 15 nitrogen and oxygen atoms in total. The molecule has 1 unspecified atom stereocenters. The smallest absolute Gasteiger partial charge is 0.255 e. The standard InChI is InChI=1S/C40H45N11O4/c1-24(2)45-33-17-35(51-37-28(20-44-51)15-26(18-41)19-43-37)42-21-32(33)38(53)46-29-6-3-25(4-7-29)22-48-11-13-49(14-12-48)30-8-5-27-23-50(40(55)31(27)16-30)34-9-10-36(52)47-39(34)54/h5,8,15-17,19-21,24-25,29,34H,3-4,6-7,9-14,22-23H2,1-2H3,(H,42,45)(H,46,53)(H,47,52,54). The number of piperidine rings is 1. The van der Waals surface area contributed by atoms with Gasteiger partial charge in [-0.05, 0) is 75.6 Å². The first-order valence-corrected chi connectivity index (χ1v) is 19.2. The fourth-order valence-electron chi connectivity index (χ4n) is 8.37. The van der Waals surface area contributed by atoms with Crippen LogP contribution in [0.15, 0.2) is 48.9 Å². The Kier molecular flexibility index (Phi) is 9.91. The molecule has 3 fully saturated rings. The minimum absolute atomic E-state index is 0.0835. The second kappa shape index (κ2) is 15.1. The lowest BCUT2D eigenvalue weighted by Gasteiger charge is -2.39. The molecule has 8 rings (SSSR count). The van der Waals surface area contributed by atoms with Gasteiger partial charge in [0.15, 0.2) is 11.5 Å². The van der Waals surface area contributed by atoms with E-state index >= 15 is 0 Å². The third-order valence-corrected chi connectivity index (χ3v) is 11.3. The number of aromatic nitrogens is 4. The number of imide groups is 1. The van der Waals surface area contributed by atoms with Crippen molar-refractivity contribution < 1.29 is 19.2 Å². The summed E-state index contributed by atoms with van der Waals surface area (Å²) in [4.78, 5) is 66.5. The zero-order chi connectivity index (χ0) is 38.2. The van der Waals surface area contributed by atoms with Crippen molar-refractivity contribution >= 4 is 46.0 Å². The molecule has 3 aromatic heterocycles. The topological polar surface area (TPSA) is 181 Å². The number of hydrogen-bond acceptors (Lipinski definition) is 11. The number of anilines is 2. The van der Waals surface area contributed by atoms with Crippen LogP contribution in [0, 0.1) is 17.2 Å². The van der Waals surface area contributed by atoms with Gasteiger partial charge in [0, 0.05) is 92.9 Å². The maximum atomic E-state index is 13.6. The normalized spacial score (nSPS) is 21.8. The Balaban J connectivity index is 0.824. The van der Waals surface area contributed by atoms with Gasteiger partial charge in [-0.15, -0.1) is 0 Å². The predicted octanol–water partition coefficient (Wildman–Crippen LogP) is 3.38. The molecule has 1 aliphatic carbocycles. The van der Waals surface area contributed by atoms with E-state index < -0.39 is 11.9 Å². The van der Waals surface area contributed by atoms with E-state index in [1.807, 2.05) is 32.0 Å². The summed E-state index contributed by atoms with van der Waals surface area (Å²) < 4.78 is 1.61. The van der Waals surface area contributed by atoms with Crippen molar-refractivity contribution in [2.24, 2.45) is 5.92 Å². The molecule has 0 radical (unpaired) electrons. The minimum Gasteiger partial charge on any atom is -0.382 e. The molecule has 6 heterocycles. The summed E-state index contributed by atoms with van der Waals surface area (Å²) in [7, 11) is 0. The van der Waals surface area contributed by atoms with Gasteiger partial charge in [0.05, 0.1) is 23.0 Å². The van der Waals surface area contributed by atoms with Crippen LogP contribution in [0.4, 0.5) is 11.4 Å². The van der Waals surface area contributed by atoms with Gasteiger partial charge in [-0.3, -0.25) is 29.4 Å². The van der Waals surface area contributed by atoms with Gasteiger partial charge < -0.3 is 20.4 Å². The van der Waals surface area contributed by atoms with Crippen molar-refractivity contribution in [3.05, 3.63) is 71.2 Å². The van der Waals surface area contributed by atoms with Crippen LogP contribution in [-0.2, 0) is 16.1 Å². The van der Waals surface area contributed by atoms with Crippen LogP contribution in [-0.4, -0.2) is 104 Å². The van der Waals surface area contributed by atoms with Gasteiger partial charge in [-0.1, -0.05) is 6.07 Å².